The van der Waals surface area contributed by atoms with Crippen LogP contribution in [0.3, 0.4) is 0 Å². The van der Waals surface area contributed by atoms with Crippen molar-refractivity contribution in [1.29, 1.82) is 0 Å². The van der Waals surface area contributed by atoms with Crippen LogP contribution in [0.5, 0.6) is 0 Å². The monoisotopic (exact) mass is 473 g/mol. The molecule has 1 aliphatic heterocycles. The molecule has 0 N–H and O–H groups in total. The third-order valence-electron chi connectivity index (χ3n) is 3.19. The van der Waals surface area contributed by atoms with Gasteiger partial charge in [0.15, 0.2) is 0 Å². The van der Waals surface area contributed by atoms with Gasteiger partial charge in [-0.2, -0.15) is 70.2 Å². The molecule has 0 aromatic carbocycles. The normalized spacial score (nSPS) is 31.4. The molecule has 0 bridgehead atoms. The van der Waals surface area contributed by atoms with Gasteiger partial charge < -0.3 is 4.74 Å². The Hall–Kier alpha value is -1.82. The molecule has 1 aliphatic rings. The van der Waals surface area contributed by atoms with E-state index in [0.717, 1.165) is 0 Å². The van der Waals surface area contributed by atoms with E-state index in [1.165, 1.54) is 0 Å². The van der Waals surface area contributed by atoms with Crippen molar-refractivity contribution in [3.05, 3.63) is 11.7 Å². The number of morpholine rings is 1. The summed E-state index contributed by atoms with van der Waals surface area (Å²) >= 11 is 0. The van der Waals surface area contributed by atoms with Crippen molar-refractivity contribution >= 4 is 0 Å². The van der Waals surface area contributed by atoms with E-state index in [1.54, 1.807) is 4.74 Å². The molecule has 0 aromatic rings. The number of hydrogen-bond acceptors (Lipinski definition) is 3. The predicted molar refractivity (Wildman–Crippen MR) is 53.8 cm³/mol. The van der Waals surface area contributed by atoms with Crippen LogP contribution in [0, 0.1) is 0 Å². The molecular weight excluding hydrogens is 470 g/mol. The number of alkyl halides is 15. The van der Waals surface area contributed by atoms with Gasteiger partial charge in [-0.05, 0) is 0 Å². The quantitative estimate of drug-likeness (QED) is 0.309. The molecule has 1 saturated heterocycles. The number of ether oxygens (including phenoxy) is 2. The van der Waals surface area contributed by atoms with E-state index in [9.17, 15) is 70.2 Å². The van der Waals surface area contributed by atoms with E-state index in [0.29, 0.717) is 0 Å². The van der Waals surface area contributed by atoms with Crippen molar-refractivity contribution in [3.8, 4) is 0 Å². The smallest absolute Gasteiger partial charge is 0.457 e. The molecule has 2 atom stereocenters. The minimum absolute atomic E-state index is 0.280. The van der Waals surface area contributed by atoms with E-state index < -0.39 is 58.9 Å². The molecule has 29 heavy (non-hydrogen) atoms. The highest BCUT2D eigenvalue weighted by molar-refractivity contribution is 5.17. The second kappa shape index (κ2) is 6.34. The minimum atomic E-state index is -7.50. The Labute approximate surface area is 147 Å². The van der Waals surface area contributed by atoms with Crippen LogP contribution in [-0.4, -0.2) is 54.3 Å². The number of hydrogen-bond donors (Lipinski definition) is 0. The summed E-state index contributed by atoms with van der Waals surface area (Å²) in [6, 6.07) is -14.8. The van der Waals surface area contributed by atoms with Gasteiger partial charge in [-0.25, -0.2) is 4.90 Å². The maximum atomic E-state index is 13.8. The standard InChI is InChI=1S/C10H3F16NO2/c1-28-2(4(12,13)14)3(11)27-9(23,24)5(15,7(17,18)19)29-6(16,8(20,21)22)10(27,25)26/h1H3/b3-2+. The number of nitrogens with zero attached hydrogens (tertiary/aromatic N) is 1. The molecule has 0 aromatic heterocycles. The van der Waals surface area contributed by atoms with Gasteiger partial charge in [0.1, 0.15) is 0 Å². The first-order chi connectivity index (χ1) is 12.4. The molecule has 0 aliphatic carbocycles. The van der Waals surface area contributed by atoms with Gasteiger partial charge in [-0.1, -0.05) is 0 Å². The SMILES string of the molecule is CO/C(=C(\F)N1C(F)(F)C(F)(C(F)(F)F)OC(F)(C(F)(F)F)C1(F)F)C(F)(F)F. The highest BCUT2D eigenvalue weighted by Gasteiger charge is 2.93. The molecule has 19 heteroatoms. The second-order valence-corrected chi connectivity index (χ2v) is 5.03. The molecule has 1 heterocycles. The summed E-state index contributed by atoms with van der Waals surface area (Å²) in [5.41, 5.74) is 0. The molecule has 0 radical (unpaired) electrons. The first kappa shape index (κ1) is 25.2. The highest BCUT2D eigenvalue weighted by Crippen LogP contribution is 2.64. The summed E-state index contributed by atoms with van der Waals surface area (Å²) in [5, 5.41) is 0. The zero-order valence-corrected chi connectivity index (χ0v) is 12.8. The van der Waals surface area contributed by atoms with E-state index in [-0.39, 0.29) is 7.11 Å². The lowest BCUT2D eigenvalue weighted by Crippen LogP contribution is -2.81. The fourth-order valence-electron chi connectivity index (χ4n) is 1.90. The van der Waals surface area contributed by atoms with Crippen molar-refractivity contribution in [2.24, 2.45) is 0 Å². The van der Waals surface area contributed by atoms with Gasteiger partial charge >= 0.3 is 42.3 Å². The van der Waals surface area contributed by atoms with Crippen LogP contribution in [0.2, 0.25) is 0 Å². The van der Waals surface area contributed by atoms with Crippen molar-refractivity contribution in [2.75, 3.05) is 7.11 Å². The Balaban J connectivity index is 4.09. The van der Waals surface area contributed by atoms with Crippen molar-refractivity contribution in [3.63, 3.8) is 0 Å². The molecule has 0 spiro atoms. The Morgan fingerprint density at radius 2 is 1.03 bits per heavy atom. The lowest BCUT2D eigenvalue weighted by Gasteiger charge is -2.53. The maximum Gasteiger partial charge on any atom is 0.457 e. The van der Waals surface area contributed by atoms with E-state index >= 15 is 0 Å². The van der Waals surface area contributed by atoms with Gasteiger partial charge in [0.2, 0.25) is 5.95 Å². The van der Waals surface area contributed by atoms with Crippen LogP contribution in [0.15, 0.2) is 11.7 Å². The molecule has 1 fully saturated rings. The van der Waals surface area contributed by atoms with Gasteiger partial charge in [0.25, 0.3) is 5.76 Å². The predicted octanol–water partition coefficient (Wildman–Crippen LogP) is 5.31. The van der Waals surface area contributed by atoms with E-state index in [2.05, 4.69) is 4.74 Å². The van der Waals surface area contributed by atoms with Crippen LogP contribution in [-0.2, 0) is 9.47 Å². The number of halogens is 16. The molecule has 172 valence electrons. The average molecular weight is 473 g/mol. The van der Waals surface area contributed by atoms with Gasteiger partial charge in [0, 0.05) is 0 Å². The molecule has 2 unspecified atom stereocenters. The Kier molecular flexibility index (Phi) is 5.51. The van der Waals surface area contributed by atoms with E-state index in [4.69, 9.17) is 0 Å². The molecular formula is C10H3F16NO2. The molecule has 0 saturated carbocycles. The summed E-state index contributed by atoms with van der Waals surface area (Å²) in [6.45, 7) is 0. The first-order valence-corrected chi connectivity index (χ1v) is 6.22. The fraction of sp³-hybridized carbons (Fsp3) is 0.800. The first-order valence-electron chi connectivity index (χ1n) is 6.22. The zero-order chi connectivity index (χ0) is 23.6. The lowest BCUT2D eigenvalue weighted by atomic mass is 10.1. The third kappa shape index (κ3) is 3.29. The van der Waals surface area contributed by atoms with Crippen molar-refractivity contribution < 1.29 is 79.7 Å². The van der Waals surface area contributed by atoms with Crippen LogP contribution in [0.1, 0.15) is 0 Å². The summed E-state index contributed by atoms with van der Waals surface area (Å²) in [5.74, 6) is -22.9. The highest BCUT2D eigenvalue weighted by atomic mass is 19.4. The maximum absolute atomic E-state index is 13.8. The van der Waals surface area contributed by atoms with Crippen LogP contribution in [0.4, 0.5) is 70.2 Å². The Morgan fingerprint density at radius 3 is 1.24 bits per heavy atom. The van der Waals surface area contributed by atoms with Crippen LogP contribution >= 0.6 is 0 Å². The molecule has 3 nitrogen and oxygen atoms in total. The number of allylic oxidation sites excluding steroid dienone is 1. The zero-order valence-electron chi connectivity index (χ0n) is 12.8. The summed E-state index contributed by atoms with van der Waals surface area (Å²) in [6.07, 6.45) is -21.4. The van der Waals surface area contributed by atoms with Gasteiger partial charge in [-0.15, -0.1) is 0 Å². The Bertz CT molecular complexity index is 639. The van der Waals surface area contributed by atoms with E-state index in [1.807, 2.05) is 0 Å². The van der Waals surface area contributed by atoms with Crippen molar-refractivity contribution in [1.82, 2.24) is 4.90 Å². The van der Waals surface area contributed by atoms with Crippen LogP contribution in [0.25, 0.3) is 0 Å². The third-order valence-corrected chi connectivity index (χ3v) is 3.19. The Morgan fingerprint density at radius 1 is 0.724 bits per heavy atom. The number of rotatable bonds is 2. The van der Waals surface area contributed by atoms with Crippen LogP contribution < -0.4 is 0 Å². The fourth-order valence-corrected chi connectivity index (χ4v) is 1.90. The van der Waals surface area contributed by atoms with Crippen molar-refractivity contribution in [2.45, 2.75) is 42.3 Å². The lowest BCUT2D eigenvalue weighted by molar-refractivity contribution is -0.574. The summed E-state index contributed by atoms with van der Waals surface area (Å²) in [7, 11) is -0.280. The van der Waals surface area contributed by atoms with Gasteiger partial charge in [0.05, 0.1) is 7.11 Å². The molecule has 1 rings (SSSR count). The van der Waals surface area contributed by atoms with Gasteiger partial charge in [-0.3, -0.25) is 4.74 Å². The largest absolute Gasteiger partial charge is 0.489 e. The number of methoxy groups -OCH3 is 1. The minimum Gasteiger partial charge on any atom is -0.489 e. The summed E-state index contributed by atoms with van der Waals surface area (Å²) in [4.78, 5) is -3.63. The average Bonchev–Trinajstić information content (AvgIpc) is 2.41. The second-order valence-electron chi connectivity index (χ2n) is 5.03. The molecule has 0 amide bonds. The summed E-state index contributed by atoms with van der Waals surface area (Å²) < 4.78 is 214. The topological polar surface area (TPSA) is 21.7 Å².